The van der Waals surface area contributed by atoms with Crippen LogP contribution < -0.4 is 4.57 Å². The maximum absolute atomic E-state index is 5.63. The van der Waals surface area contributed by atoms with Crippen LogP contribution in [-0.4, -0.2) is 4.57 Å². The summed E-state index contributed by atoms with van der Waals surface area (Å²) in [6, 6.07) is 32.7. The van der Waals surface area contributed by atoms with E-state index in [9.17, 15) is 0 Å². The molecule has 0 aliphatic heterocycles. The highest BCUT2D eigenvalue weighted by Crippen LogP contribution is 2.35. The number of rotatable bonds is 2. The summed E-state index contributed by atoms with van der Waals surface area (Å²) in [5.74, 6) is 0. The Hall–Kier alpha value is -4.37. The molecule has 0 unspecified atom stereocenters. The SMILES string of the molecule is Cc1cc2occc2cc1-c1c2ccc(-n3c4ccccc4c4ccccc43)cc2cc[n+]1C. The first-order valence-electron chi connectivity index (χ1n) is 11.6. The Morgan fingerprint density at radius 1 is 0.706 bits per heavy atom. The molecule has 0 atom stereocenters. The van der Waals surface area contributed by atoms with Gasteiger partial charge in [0.05, 0.1) is 28.2 Å². The van der Waals surface area contributed by atoms with Crippen molar-refractivity contribution in [3.8, 4) is 16.9 Å². The zero-order valence-corrected chi connectivity index (χ0v) is 19.1. The summed E-state index contributed by atoms with van der Waals surface area (Å²) in [5, 5.41) is 6.14. The fourth-order valence-electron chi connectivity index (χ4n) is 5.40. The lowest BCUT2D eigenvalue weighted by Gasteiger charge is -2.12. The van der Waals surface area contributed by atoms with Crippen LogP contribution in [0.2, 0.25) is 0 Å². The highest BCUT2D eigenvalue weighted by atomic mass is 16.3. The fourth-order valence-corrected chi connectivity index (χ4v) is 5.40. The van der Waals surface area contributed by atoms with E-state index in [-0.39, 0.29) is 0 Å². The maximum atomic E-state index is 5.63. The molecule has 3 heteroatoms. The van der Waals surface area contributed by atoms with Crippen LogP contribution in [-0.2, 0) is 7.05 Å². The molecule has 0 aliphatic carbocycles. The van der Waals surface area contributed by atoms with Crippen molar-refractivity contribution < 1.29 is 8.98 Å². The highest BCUT2D eigenvalue weighted by molar-refractivity contribution is 6.09. The summed E-state index contributed by atoms with van der Waals surface area (Å²) >= 11 is 0. The van der Waals surface area contributed by atoms with Gasteiger partial charge < -0.3 is 8.98 Å². The van der Waals surface area contributed by atoms with Gasteiger partial charge in [0.25, 0.3) is 0 Å². The van der Waals surface area contributed by atoms with Crippen LogP contribution in [0.4, 0.5) is 0 Å². The zero-order chi connectivity index (χ0) is 22.8. The number of nitrogens with zero attached hydrogens (tertiary/aromatic N) is 2. The third kappa shape index (κ3) is 2.67. The first-order valence-corrected chi connectivity index (χ1v) is 11.6. The van der Waals surface area contributed by atoms with E-state index in [2.05, 4.69) is 114 Å². The molecule has 0 spiro atoms. The second-order valence-electron chi connectivity index (χ2n) is 9.04. The van der Waals surface area contributed by atoms with Gasteiger partial charge in [-0.1, -0.05) is 36.4 Å². The van der Waals surface area contributed by atoms with Gasteiger partial charge in [-0.15, -0.1) is 0 Å². The number of para-hydroxylation sites is 2. The second kappa shape index (κ2) is 7.06. The minimum Gasteiger partial charge on any atom is -0.464 e. The Labute approximate surface area is 197 Å². The van der Waals surface area contributed by atoms with Gasteiger partial charge in [0.2, 0.25) is 5.69 Å². The molecule has 0 radical (unpaired) electrons. The molecule has 3 aromatic heterocycles. The van der Waals surface area contributed by atoms with Gasteiger partial charge in [-0.25, -0.2) is 4.57 Å². The first-order chi connectivity index (χ1) is 16.7. The number of hydrogen-bond donors (Lipinski definition) is 0. The van der Waals surface area contributed by atoms with E-state index in [1.54, 1.807) is 6.26 Å². The Balaban J connectivity index is 1.50. The molecule has 3 nitrogen and oxygen atoms in total. The number of benzene rings is 4. The number of hydrogen-bond acceptors (Lipinski definition) is 1. The molecule has 7 rings (SSSR count). The zero-order valence-electron chi connectivity index (χ0n) is 19.1. The number of pyridine rings is 1. The predicted molar refractivity (Wildman–Crippen MR) is 139 cm³/mol. The van der Waals surface area contributed by atoms with Gasteiger partial charge in [-0.05, 0) is 66.4 Å². The van der Waals surface area contributed by atoms with Gasteiger partial charge in [0, 0.05) is 27.9 Å². The summed E-state index contributed by atoms with van der Waals surface area (Å²) in [6.45, 7) is 2.16. The molecular weight excluding hydrogens is 416 g/mol. The van der Waals surface area contributed by atoms with Crippen molar-refractivity contribution in [2.24, 2.45) is 7.05 Å². The molecule has 0 saturated heterocycles. The van der Waals surface area contributed by atoms with Crippen LogP contribution in [0.15, 0.2) is 108 Å². The largest absolute Gasteiger partial charge is 0.464 e. The maximum Gasteiger partial charge on any atom is 0.220 e. The molecule has 0 N–H and O–H groups in total. The summed E-state index contributed by atoms with van der Waals surface area (Å²) in [6.07, 6.45) is 3.92. The Kier molecular flexibility index (Phi) is 3.97. The van der Waals surface area contributed by atoms with Crippen molar-refractivity contribution >= 4 is 43.5 Å². The van der Waals surface area contributed by atoms with Crippen LogP contribution in [0, 0.1) is 6.92 Å². The minimum absolute atomic E-state index is 0.929. The third-order valence-electron chi connectivity index (χ3n) is 7.01. The summed E-state index contributed by atoms with van der Waals surface area (Å²) in [4.78, 5) is 0. The van der Waals surface area contributed by atoms with Crippen LogP contribution in [0.25, 0.3) is 60.5 Å². The van der Waals surface area contributed by atoms with Gasteiger partial charge >= 0.3 is 0 Å². The predicted octanol–water partition coefficient (Wildman–Crippen LogP) is 7.48. The third-order valence-corrected chi connectivity index (χ3v) is 7.01. The van der Waals surface area contributed by atoms with E-state index in [0.717, 1.165) is 11.0 Å². The summed E-state index contributed by atoms with van der Waals surface area (Å²) < 4.78 is 10.2. The standard InChI is InChI=1S/C31H23N2O/c1-20-17-30-22(14-16-34-30)19-27(20)31-24-12-11-23(18-21(24)13-15-32(31)2)33-28-9-5-3-7-25(28)26-8-4-6-10-29(26)33/h3-19H,1-2H3/q+1. The van der Waals surface area contributed by atoms with E-state index in [0.29, 0.717) is 0 Å². The Morgan fingerprint density at radius 2 is 1.44 bits per heavy atom. The van der Waals surface area contributed by atoms with Gasteiger partial charge in [-0.3, -0.25) is 0 Å². The van der Waals surface area contributed by atoms with Crippen molar-refractivity contribution in [2.75, 3.05) is 0 Å². The molecule has 0 bridgehead atoms. The van der Waals surface area contributed by atoms with E-state index in [4.69, 9.17) is 4.42 Å². The molecule has 0 saturated carbocycles. The number of fused-ring (bicyclic) bond motifs is 5. The average Bonchev–Trinajstić information content (AvgIpc) is 3.45. The van der Waals surface area contributed by atoms with Crippen LogP contribution in [0.5, 0.6) is 0 Å². The van der Waals surface area contributed by atoms with E-state index in [1.165, 1.54) is 55.1 Å². The minimum atomic E-state index is 0.929. The number of furan rings is 1. The van der Waals surface area contributed by atoms with Crippen molar-refractivity contribution in [2.45, 2.75) is 6.92 Å². The lowest BCUT2D eigenvalue weighted by Crippen LogP contribution is -2.30. The number of aromatic nitrogens is 2. The molecule has 3 heterocycles. The Bertz CT molecular complexity index is 1830. The quantitative estimate of drug-likeness (QED) is 0.256. The molecular formula is C31H23N2O+. The molecule has 162 valence electrons. The van der Waals surface area contributed by atoms with Gasteiger partial charge in [0.1, 0.15) is 12.6 Å². The van der Waals surface area contributed by atoms with Gasteiger partial charge in [0.15, 0.2) is 6.20 Å². The smallest absolute Gasteiger partial charge is 0.220 e. The van der Waals surface area contributed by atoms with Crippen molar-refractivity contribution in [3.05, 3.63) is 109 Å². The van der Waals surface area contributed by atoms with Crippen LogP contribution in [0.3, 0.4) is 0 Å². The van der Waals surface area contributed by atoms with Gasteiger partial charge in [-0.2, -0.15) is 0 Å². The first kappa shape index (κ1) is 19.1. The van der Waals surface area contributed by atoms with E-state index >= 15 is 0 Å². The van der Waals surface area contributed by atoms with Crippen LogP contribution in [0.1, 0.15) is 5.56 Å². The molecule has 34 heavy (non-hydrogen) atoms. The molecule has 4 aromatic carbocycles. The topological polar surface area (TPSA) is 21.9 Å². The Morgan fingerprint density at radius 3 is 2.21 bits per heavy atom. The summed E-state index contributed by atoms with van der Waals surface area (Å²) in [5.41, 5.74) is 8.21. The summed E-state index contributed by atoms with van der Waals surface area (Å²) in [7, 11) is 2.12. The van der Waals surface area contributed by atoms with Crippen LogP contribution >= 0.6 is 0 Å². The molecule has 0 aliphatic rings. The van der Waals surface area contributed by atoms with Crippen molar-refractivity contribution in [1.29, 1.82) is 0 Å². The van der Waals surface area contributed by atoms with E-state index < -0.39 is 0 Å². The fraction of sp³-hybridized carbons (Fsp3) is 0.0645. The lowest BCUT2D eigenvalue weighted by atomic mass is 9.98. The second-order valence-corrected chi connectivity index (χ2v) is 9.04. The van der Waals surface area contributed by atoms with Crippen molar-refractivity contribution in [1.82, 2.24) is 4.57 Å². The number of aryl methyl sites for hydroxylation is 2. The molecule has 0 fully saturated rings. The average molecular weight is 440 g/mol. The highest BCUT2D eigenvalue weighted by Gasteiger charge is 2.19. The monoisotopic (exact) mass is 439 g/mol. The lowest BCUT2D eigenvalue weighted by molar-refractivity contribution is -0.659. The van der Waals surface area contributed by atoms with E-state index in [1.807, 2.05) is 6.07 Å². The molecule has 7 aromatic rings. The normalized spacial score (nSPS) is 11.8. The molecule has 0 amide bonds. The van der Waals surface area contributed by atoms with Crippen molar-refractivity contribution in [3.63, 3.8) is 0 Å².